The van der Waals surface area contributed by atoms with E-state index in [1.54, 1.807) is 25.3 Å². The second-order valence-electron chi connectivity index (χ2n) is 2.99. The van der Waals surface area contributed by atoms with Gasteiger partial charge in [-0.3, -0.25) is 0 Å². The predicted octanol–water partition coefficient (Wildman–Crippen LogP) is 2.10. The summed E-state index contributed by atoms with van der Waals surface area (Å²) < 4.78 is 14.5. The highest BCUT2D eigenvalue weighted by molar-refractivity contribution is 5.93. The van der Waals surface area contributed by atoms with Crippen LogP contribution in [0.5, 0.6) is 5.75 Å². The maximum atomic E-state index is 11.5. The van der Waals surface area contributed by atoms with Crippen LogP contribution in [-0.4, -0.2) is 27.3 Å². The lowest BCUT2D eigenvalue weighted by Gasteiger charge is -2.07. The molecule has 0 aliphatic heterocycles. The first-order chi connectivity index (χ1) is 7.72. The summed E-state index contributed by atoms with van der Waals surface area (Å²) in [6.07, 6.45) is 3.27. The molecular weight excluding hydrogens is 208 g/mol. The lowest BCUT2D eigenvalue weighted by Crippen LogP contribution is -2.04. The van der Waals surface area contributed by atoms with Crippen LogP contribution in [0.2, 0.25) is 0 Å². The molecule has 0 unspecified atom stereocenters. The molecule has 0 atom stereocenters. The van der Waals surface area contributed by atoms with Crippen molar-refractivity contribution < 1.29 is 19.0 Å². The summed E-state index contributed by atoms with van der Waals surface area (Å²) in [6.45, 7) is 0. The Balaban J connectivity index is 3.10. The van der Waals surface area contributed by atoms with E-state index in [0.717, 1.165) is 5.56 Å². The molecule has 0 saturated heterocycles. The second kappa shape index (κ2) is 5.80. The van der Waals surface area contributed by atoms with Crippen molar-refractivity contribution in [2.45, 2.75) is 0 Å². The van der Waals surface area contributed by atoms with Gasteiger partial charge in [-0.05, 0) is 23.8 Å². The molecule has 86 valence electrons. The summed E-state index contributed by atoms with van der Waals surface area (Å²) in [5.41, 5.74) is 1.23. The first-order valence-electron chi connectivity index (χ1n) is 4.68. The number of esters is 1. The molecule has 0 heterocycles. The maximum absolute atomic E-state index is 11.5. The molecule has 1 aromatic carbocycles. The third kappa shape index (κ3) is 2.76. The highest BCUT2D eigenvalue weighted by atomic mass is 16.5. The molecule has 0 amide bonds. The summed E-state index contributed by atoms with van der Waals surface area (Å²) >= 11 is 0. The topological polar surface area (TPSA) is 44.8 Å². The Bertz CT molecular complexity index is 396. The van der Waals surface area contributed by atoms with Crippen molar-refractivity contribution in [3.8, 4) is 5.75 Å². The third-order valence-corrected chi connectivity index (χ3v) is 2.03. The minimum absolute atomic E-state index is 0.392. The molecule has 1 aromatic rings. The van der Waals surface area contributed by atoms with Gasteiger partial charge in [0.25, 0.3) is 0 Å². The standard InChI is InChI=1S/C12H14O4/c1-14-7-6-9-4-5-11(15-2)10(8-9)12(13)16-3/h4-8H,1-3H3/b7-6+. The van der Waals surface area contributed by atoms with Crippen molar-refractivity contribution in [1.82, 2.24) is 0 Å². The van der Waals surface area contributed by atoms with Gasteiger partial charge in [0.15, 0.2) is 0 Å². The van der Waals surface area contributed by atoms with E-state index in [1.165, 1.54) is 20.5 Å². The predicted molar refractivity (Wildman–Crippen MR) is 60.4 cm³/mol. The monoisotopic (exact) mass is 222 g/mol. The molecule has 0 bridgehead atoms. The summed E-state index contributed by atoms with van der Waals surface area (Å²) in [7, 11) is 4.40. The van der Waals surface area contributed by atoms with Gasteiger partial charge < -0.3 is 14.2 Å². The van der Waals surface area contributed by atoms with E-state index >= 15 is 0 Å². The first kappa shape index (κ1) is 12.1. The van der Waals surface area contributed by atoms with Crippen molar-refractivity contribution in [3.63, 3.8) is 0 Å². The molecule has 0 aromatic heterocycles. The quantitative estimate of drug-likeness (QED) is 0.578. The van der Waals surface area contributed by atoms with Gasteiger partial charge in [-0.1, -0.05) is 6.07 Å². The molecular formula is C12H14O4. The number of hydrogen-bond donors (Lipinski definition) is 0. The van der Waals surface area contributed by atoms with Crippen LogP contribution in [0, 0.1) is 0 Å². The number of rotatable bonds is 4. The van der Waals surface area contributed by atoms with Gasteiger partial charge in [0, 0.05) is 0 Å². The zero-order valence-electron chi connectivity index (χ0n) is 9.52. The average molecular weight is 222 g/mol. The van der Waals surface area contributed by atoms with Gasteiger partial charge in [-0.25, -0.2) is 4.79 Å². The van der Waals surface area contributed by atoms with Gasteiger partial charge >= 0.3 is 5.97 Å². The van der Waals surface area contributed by atoms with Crippen LogP contribution in [0.4, 0.5) is 0 Å². The number of benzene rings is 1. The van der Waals surface area contributed by atoms with Crippen LogP contribution < -0.4 is 4.74 Å². The van der Waals surface area contributed by atoms with E-state index in [1.807, 2.05) is 6.07 Å². The van der Waals surface area contributed by atoms with Gasteiger partial charge in [-0.15, -0.1) is 0 Å². The molecule has 0 aliphatic rings. The fourth-order valence-corrected chi connectivity index (χ4v) is 1.25. The van der Waals surface area contributed by atoms with Gasteiger partial charge in [-0.2, -0.15) is 0 Å². The second-order valence-corrected chi connectivity index (χ2v) is 2.99. The lowest BCUT2D eigenvalue weighted by atomic mass is 10.1. The van der Waals surface area contributed by atoms with E-state index in [0.29, 0.717) is 11.3 Å². The van der Waals surface area contributed by atoms with E-state index in [9.17, 15) is 4.79 Å². The number of hydrogen-bond acceptors (Lipinski definition) is 4. The van der Waals surface area contributed by atoms with Crippen LogP contribution >= 0.6 is 0 Å². The molecule has 1 rings (SSSR count). The molecule has 0 aliphatic carbocycles. The van der Waals surface area contributed by atoms with E-state index in [-0.39, 0.29) is 0 Å². The first-order valence-corrected chi connectivity index (χ1v) is 4.68. The number of ether oxygens (including phenoxy) is 3. The summed E-state index contributed by atoms with van der Waals surface area (Å²) in [5, 5.41) is 0. The van der Waals surface area contributed by atoms with Gasteiger partial charge in [0.1, 0.15) is 11.3 Å². The van der Waals surface area contributed by atoms with Crippen LogP contribution in [0.3, 0.4) is 0 Å². The van der Waals surface area contributed by atoms with Crippen LogP contribution in [0.15, 0.2) is 24.5 Å². The Morgan fingerprint density at radius 2 is 2.00 bits per heavy atom. The van der Waals surface area contributed by atoms with Crippen molar-refractivity contribution in [1.29, 1.82) is 0 Å². The molecule has 4 heteroatoms. The molecule has 4 nitrogen and oxygen atoms in total. The van der Waals surface area contributed by atoms with Crippen LogP contribution in [0.1, 0.15) is 15.9 Å². The molecule has 16 heavy (non-hydrogen) atoms. The Hall–Kier alpha value is -1.97. The lowest BCUT2D eigenvalue weighted by molar-refractivity contribution is 0.0597. The van der Waals surface area contributed by atoms with Crippen LogP contribution in [-0.2, 0) is 9.47 Å². The summed E-state index contributed by atoms with van der Waals surface area (Å²) in [5.74, 6) is 0.0610. The third-order valence-electron chi connectivity index (χ3n) is 2.03. The molecule has 0 N–H and O–H groups in total. The van der Waals surface area contributed by atoms with Crippen molar-refractivity contribution in [3.05, 3.63) is 35.6 Å². The van der Waals surface area contributed by atoms with Crippen molar-refractivity contribution in [2.24, 2.45) is 0 Å². The van der Waals surface area contributed by atoms with Gasteiger partial charge in [0.05, 0.1) is 27.6 Å². The number of carbonyl (C=O) groups is 1. The highest BCUT2D eigenvalue weighted by Crippen LogP contribution is 2.21. The normalized spacial score (nSPS) is 10.2. The Morgan fingerprint density at radius 1 is 1.25 bits per heavy atom. The number of carbonyl (C=O) groups excluding carboxylic acids is 1. The SMILES string of the molecule is CO/C=C/c1ccc(OC)c(C(=O)OC)c1. The number of methoxy groups -OCH3 is 3. The van der Waals surface area contributed by atoms with Crippen LogP contribution in [0.25, 0.3) is 6.08 Å². The average Bonchev–Trinajstić information content (AvgIpc) is 2.35. The Morgan fingerprint density at radius 3 is 2.56 bits per heavy atom. The van der Waals surface area contributed by atoms with E-state index < -0.39 is 5.97 Å². The highest BCUT2D eigenvalue weighted by Gasteiger charge is 2.12. The molecule has 0 radical (unpaired) electrons. The minimum Gasteiger partial charge on any atom is -0.504 e. The minimum atomic E-state index is -0.426. The summed E-state index contributed by atoms with van der Waals surface area (Å²) in [4.78, 5) is 11.5. The van der Waals surface area contributed by atoms with Crippen molar-refractivity contribution in [2.75, 3.05) is 21.3 Å². The summed E-state index contributed by atoms with van der Waals surface area (Å²) in [6, 6.07) is 5.21. The van der Waals surface area contributed by atoms with Gasteiger partial charge in [0.2, 0.25) is 0 Å². The Kier molecular flexibility index (Phi) is 4.39. The fourth-order valence-electron chi connectivity index (χ4n) is 1.25. The van der Waals surface area contributed by atoms with Crippen molar-refractivity contribution >= 4 is 12.0 Å². The molecule has 0 saturated carbocycles. The largest absolute Gasteiger partial charge is 0.504 e. The maximum Gasteiger partial charge on any atom is 0.341 e. The molecule has 0 fully saturated rings. The zero-order chi connectivity index (χ0) is 12.0. The zero-order valence-corrected chi connectivity index (χ0v) is 9.52. The Labute approximate surface area is 94.4 Å². The van der Waals surface area contributed by atoms with E-state index in [4.69, 9.17) is 9.47 Å². The van der Waals surface area contributed by atoms with E-state index in [2.05, 4.69) is 4.74 Å². The smallest absolute Gasteiger partial charge is 0.341 e. The molecule has 0 spiro atoms. The fraction of sp³-hybridized carbons (Fsp3) is 0.250.